The Kier molecular flexibility index (Phi) is 1.16. The van der Waals surface area contributed by atoms with Crippen LogP contribution in [-0.2, 0) is 0 Å². The summed E-state index contributed by atoms with van der Waals surface area (Å²) in [7, 11) is 0. The highest BCUT2D eigenvalue weighted by atomic mass is 15.0. The molecule has 0 spiro atoms. The Hall–Kier alpha value is 0. The molecule has 0 N–H and O–H groups in total. The average Bonchev–Trinajstić information content (AvgIpc) is 2.73. The Bertz CT molecular complexity index is 180. The predicted octanol–water partition coefficient (Wildman–Crippen LogP) is 3.32. The molecule has 0 aromatic rings. The molecule has 0 aliphatic heterocycles. The first-order chi connectivity index (χ1) is 5.06. The Morgan fingerprint density at radius 3 is 1.73 bits per heavy atom. The highest BCUT2D eigenvalue weighted by molar-refractivity contribution is 5.39. The summed E-state index contributed by atoms with van der Waals surface area (Å²) in [4.78, 5) is 0. The van der Waals surface area contributed by atoms with Gasteiger partial charge in [0.1, 0.15) is 0 Å². The summed E-state index contributed by atoms with van der Waals surface area (Å²) in [6.07, 6.45) is 1.41. The van der Waals surface area contributed by atoms with Crippen molar-refractivity contribution in [2.75, 3.05) is 0 Å². The molecule has 0 saturated heterocycles. The van der Waals surface area contributed by atoms with Gasteiger partial charge in [0.25, 0.3) is 0 Å². The van der Waals surface area contributed by atoms with Crippen LogP contribution < -0.4 is 0 Å². The van der Waals surface area contributed by atoms with Gasteiger partial charge in [-0.05, 0) is 35.0 Å². The second-order valence-electron chi connectivity index (χ2n) is 4.93. The maximum absolute atomic E-state index is 2.45. The molecule has 0 bridgehead atoms. The van der Waals surface area contributed by atoms with Crippen LogP contribution in [0.1, 0.15) is 41.0 Å². The quantitative estimate of drug-likeness (QED) is 0.569. The maximum Gasteiger partial charge on any atom is -0.0150 e. The molecule has 11 heavy (non-hydrogen) atoms. The molecule has 0 amide bonds. The van der Waals surface area contributed by atoms with E-state index in [0.717, 1.165) is 28.6 Å². The first-order valence-corrected chi connectivity index (χ1v) is 5.06. The van der Waals surface area contributed by atoms with Crippen LogP contribution in [0.15, 0.2) is 0 Å². The Labute approximate surface area is 70.4 Å². The van der Waals surface area contributed by atoms with Gasteiger partial charge in [0.05, 0.1) is 0 Å². The molecule has 2 fully saturated rings. The van der Waals surface area contributed by atoms with Crippen molar-refractivity contribution < 1.29 is 0 Å². The van der Waals surface area contributed by atoms with Crippen molar-refractivity contribution >= 4 is 0 Å². The monoisotopic (exact) mass is 152 g/mol. The zero-order valence-electron chi connectivity index (χ0n) is 8.44. The van der Waals surface area contributed by atoms with Crippen LogP contribution in [0.4, 0.5) is 0 Å². The third-order valence-electron chi connectivity index (χ3n) is 5.16. The molecule has 2 aliphatic rings. The standard InChI is InChI=1S/C11H20/c1-6-10-8(4)11(10,7(2)3)9(10)5/h7-9H,6H2,1-5H3. The van der Waals surface area contributed by atoms with Crippen molar-refractivity contribution in [2.45, 2.75) is 41.0 Å². The third kappa shape index (κ3) is 0.443. The fourth-order valence-electron chi connectivity index (χ4n) is 4.76. The average molecular weight is 152 g/mol. The molecular weight excluding hydrogens is 132 g/mol. The molecule has 2 atom stereocenters. The van der Waals surface area contributed by atoms with Gasteiger partial charge >= 0.3 is 0 Å². The van der Waals surface area contributed by atoms with Gasteiger partial charge in [-0.25, -0.2) is 0 Å². The van der Waals surface area contributed by atoms with E-state index in [-0.39, 0.29) is 0 Å². The van der Waals surface area contributed by atoms with Crippen LogP contribution in [0, 0.1) is 28.6 Å². The molecule has 2 saturated carbocycles. The van der Waals surface area contributed by atoms with E-state index in [1.165, 1.54) is 6.42 Å². The van der Waals surface area contributed by atoms with Gasteiger partial charge in [-0.3, -0.25) is 0 Å². The van der Waals surface area contributed by atoms with Crippen molar-refractivity contribution in [3.8, 4) is 0 Å². The number of hydrogen-bond acceptors (Lipinski definition) is 0. The lowest BCUT2D eigenvalue weighted by Crippen LogP contribution is -2.11. The molecule has 2 aliphatic carbocycles. The smallest absolute Gasteiger partial charge is 0.0150 e. The lowest BCUT2D eigenvalue weighted by atomic mass is 9.87. The predicted molar refractivity (Wildman–Crippen MR) is 48.3 cm³/mol. The molecule has 0 aromatic carbocycles. The largest absolute Gasteiger partial charge is 0.0648 e. The minimum absolute atomic E-state index is 0.780. The van der Waals surface area contributed by atoms with Gasteiger partial charge in [-0.2, -0.15) is 0 Å². The number of fused-ring (bicyclic) bond motifs is 1. The van der Waals surface area contributed by atoms with Crippen molar-refractivity contribution in [3.63, 3.8) is 0 Å². The van der Waals surface area contributed by atoms with Gasteiger partial charge in [0.15, 0.2) is 0 Å². The summed E-state index contributed by atoms with van der Waals surface area (Å²) in [5.74, 6) is 2.96. The molecule has 0 radical (unpaired) electrons. The van der Waals surface area contributed by atoms with E-state index >= 15 is 0 Å². The van der Waals surface area contributed by atoms with E-state index in [4.69, 9.17) is 0 Å². The van der Waals surface area contributed by atoms with Crippen LogP contribution in [-0.4, -0.2) is 0 Å². The second-order valence-corrected chi connectivity index (χ2v) is 4.93. The highest BCUT2D eigenvalue weighted by Crippen LogP contribution is 2.96. The van der Waals surface area contributed by atoms with Crippen LogP contribution in [0.3, 0.4) is 0 Å². The van der Waals surface area contributed by atoms with E-state index in [9.17, 15) is 0 Å². The first kappa shape index (κ1) is 7.64. The molecule has 0 heterocycles. The van der Waals surface area contributed by atoms with Gasteiger partial charge < -0.3 is 0 Å². The lowest BCUT2D eigenvalue weighted by molar-refractivity contribution is 0.307. The topological polar surface area (TPSA) is 0 Å². The van der Waals surface area contributed by atoms with Crippen LogP contribution in [0.25, 0.3) is 0 Å². The van der Waals surface area contributed by atoms with Gasteiger partial charge in [0.2, 0.25) is 0 Å². The molecule has 2 unspecified atom stereocenters. The van der Waals surface area contributed by atoms with E-state index in [0.29, 0.717) is 0 Å². The summed E-state index contributed by atoms with van der Waals surface area (Å²) < 4.78 is 0. The lowest BCUT2D eigenvalue weighted by Gasteiger charge is -2.17. The molecule has 64 valence electrons. The van der Waals surface area contributed by atoms with Gasteiger partial charge in [0, 0.05) is 0 Å². The summed E-state index contributed by atoms with van der Waals surface area (Å²) >= 11 is 0. The molecular formula is C11H20. The summed E-state index contributed by atoms with van der Waals surface area (Å²) in [6.45, 7) is 12.1. The Morgan fingerprint density at radius 1 is 1.18 bits per heavy atom. The summed E-state index contributed by atoms with van der Waals surface area (Å²) in [5.41, 5.74) is 1.57. The SMILES string of the molecule is CCC12C(C)C1(C(C)C)C2C. The summed E-state index contributed by atoms with van der Waals surface area (Å²) in [5, 5.41) is 0. The third-order valence-corrected chi connectivity index (χ3v) is 5.16. The van der Waals surface area contributed by atoms with Crippen molar-refractivity contribution in [1.82, 2.24) is 0 Å². The fourth-order valence-corrected chi connectivity index (χ4v) is 4.76. The Morgan fingerprint density at radius 2 is 1.64 bits per heavy atom. The van der Waals surface area contributed by atoms with E-state index in [1.54, 1.807) is 0 Å². The van der Waals surface area contributed by atoms with Gasteiger partial charge in [-0.15, -0.1) is 0 Å². The molecule has 2 rings (SSSR count). The minimum atomic E-state index is 0.780. The van der Waals surface area contributed by atoms with Crippen molar-refractivity contribution in [1.29, 1.82) is 0 Å². The molecule has 0 aromatic heterocycles. The Balaban J connectivity index is 2.22. The summed E-state index contributed by atoms with van der Waals surface area (Å²) in [6, 6.07) is 0. The van der Waals surface area contributed by atoms with Crippen LogP contribution >= 0.6 is 0 Å². The second kappa shape index (κ2) is 1.67. The molecule has 0 nitrogen and oxygen atoms in total. The number of rotatable bonds is 2. The molecule has 0 heteroatoms. The minimum Gasteiger partial charge on any atom is -0.0648 e. The van der Waals surface area contributed by atoms with E-state index < -0.39 is 0 Å². The van der Waals surface area contributed by atoms with E-state index in [2.05, 4.69) is 34.6 Å². The zero-order chi connectivity index (χ0) is 8.44. The van der Waals surface area contributed by atoms with Crippen LogP contribution in [0.5, 0.6) is 0 Å². The highest BCUT2D eigenvalue weighted by Gasteiger charge is 2.92. The normalized spacial score (nSPS) is 59.5. The van der Waals surface area contributed by atoms with Crippen molar-refractivity contribution in [3.05, 3.63) is 0 Å². The maximum atomic E-state index is 2.45. The van der Waals surface area contributed by atoms with Gasteiger partial charge in [-0.1, -0.05) is 34.6 Å². The van der Waals surface area contributed by atoms with Crippen LogP contribution in [0.2, 0.25) is 0 Å². The van der Waals surface area contributed by atoms with Crippen molar-refractivity contribution in [2.24, 2.45) is 28.6 Å². The fraction of sp³-hybridized carbons (Fsp3) is 1.00. The first-order valence-electron chi connectivity index (χ1n) is 5.06. The van der Waals surface area contributed by atoms with E-state index in [1.807, 2.05) is 0 Å². The zero-order valence-corrected chi connectivity index (χ0v) is 8.44. The number of hydrogen-bond donors (Lipinski definition) is 0.